The van der Waals surface area contributed by atoms with Crippen molar-refractivity contribution in [1.29, 1.82) is 0 Å². The first-order valence-electron chi connectivity index (χ1n) is 30.1. The van der Waals surface area contributed by atoms with Crippen LogP contribution in [0.15, 0.2) is 291 Å². The number of nitrogens with zero attached hydrogens (tertiary/aromatic N) is 6. The monoisotopic (exact) mass is 1180 g/mol. The van der Waals surface area contributed by atoms with Crippen LogP contribution in [0.3, 0.4) is 0 Å². The highest BCUT2D eigenvalue weighted by Gasteiger charge is 2.23. The maximum absolute atomic E-state index is 5.64. The highest BCUT2D eigenvalue weighted by Crippen LogP contribution is 2.49. The van der Waals surface area contributed by atoms with Gasteiger partial charge in [-0.15, -0.1) is 22.7 Å². The van der Waals surface area contributed by atoms with Gasteiger partial charge in [0.25, 0.3) is 0 Å². The van der Waals surface area contributed by atoms with E-state index in [4.69, 9.17) is 29.9 Å². The molecule has 0 bridgehead atoms. The molecular formula is C82H48N6S2. The molecule has 0 fully saturated rings. The van der Waals surface area contributed by atoms with Crippen LogP contribution in [-0.4, -0.2) is 29.9 Å². The first-order chi connectivity index (χ1) is 44.6. The molecule has 0 aliphatic carbocycles. The first-order valence-corrected chi connectivity index (χ1v) is 31.8. The summed E-state index contributed by atoms with van der Waals surface area (Å²) in [6.45, 7) is 0. The number of fused-ring (bicyclic) bond motifs is 12. The molecule has 0 radical (unpaired) electrons. The van der Waals surface area contributed by atoms with Crippen molar-refractivity contribution in [3.63, 3.8) is 0 Å². The Balaban J connectivity index is 0.763. The number of rotatable bonds is 9. The average Bonchev–Trinajstić information content (AvgIpc) is 1.52. The summed E-state index contributed by atoms with van der Waals surface area (Å²) in [4.78, 5) is 32.1. The predicted octanol–water partition coefficient (Wildman–Crippen LogP) is 22.4. The molecule has 6 heterocycles. The molecule has 90 heavy (non-hydrogen) atoms. The van der Waals surface area contributed by atoms with Crippen molar-refractivity contribution in [3.05, 3.63) is 291 Å². The highest BCUT2D eigenvalue weighted by atomic mass is 32.1. The van der Waals surface area contributed by atoms with Crippen LogP contribution >= 0.6 is 22.7 Å². The Labute approximate surface area is 525 Å². The standard InChI is InChI=1S/C82H48N6S2/c1-4-20-51(21-5-1)66-47-67(52-22-6-2-7-23-52)86-81(85-66)57-40-38-56(39-41-57)73-75-61-29-13-11-19-50(61)43-45-65(75)84-78-76-62(31-17-33-71(76)90-80(73)78)58-26-16-27-59(46-58)82-87-68(53-24-8-3-9-25-53)48-69(88-82)54-34-36-55(37-35-54)72-74-60-28-12-10-18-49(60)42-44-64(74)83-77-63-30-14-15-32-70(63)89-79(72)77/h1-48H. The van der Waals surface area contributed by atoms with Crippen LogP contribution in [0.1, 0.15) is 0 Å². The van der Waals surface area contributed by atoms with Gasteiger partial charge in [0.1, 0.15) is 0 Å². The summed E-state index contributed by atoms with van der Waals surface area (Å²) in [5, 5.41) is 9.32. The molecule has 0 amide bonds. The second-order valence-electron chi connectivity index (χ2n) is 22.8. The summed E-state index contributed by atoms with van der Waals surface area (Å²) >= 11 is 3.62. The van der Waals surface area contributed by atoms with Crippen LogP contribution in [0, 0.1) is 0 Å². The normalized spacial score (nSPS) is 11.8. The van der Waals surface area contributed by atoms with Gasteiger partial charge in [-0.1, -0.05) is 249 Å². The van der Waals surface area contributed by atoms with Gasteiger partial charge in [-0.2, -0.15) is 0 Å². The topological polar surface area (TPSA) is 77.3 Å². The maximum Gasteiger partial charge on any atom is 0.160 e. The lowest BCUT2D eigenvalue weighted by molar-refractivity contribution is 1.18. The van der Waals surface area contributed by atoms with Gasteiger partial charge in [-0.25, -0.2) is 29.9 Å². The SMILES string of the molecule is c1ccc(-c2cc(-c3ccccc3)nc(-c3ccc(-c4c5sc6cccc(-c7cccc(-c8nc(-c9ccccc9)cc(-c9ccc(-c%10c%11sc%12ccccc%12c%11nc%11ccc%12ccccc%12c%10%11)cc9)n8)c7)c6c5nc5ccc6ccccc6c45)cc3)n2)cc1. The molecule has 12 aromatic carbocycles. The van der Waals surface area contributed by atoms with Crippen molar-refractivity contribution in [2.45, 2.75) is 0 Å². The Morgan fingerprint density at radius 2 is 0.633 bits per heavy atom. The van der Waals surface area contributed by atoms with E-state index >= 15 is 0 Å². The highest BCUT2D eigenvalue weighted by molar-refractivity contribution is 7.27. The van der Waals surface area contributed by atoms with Crippen LogP contribution in [-0.2, 0) is 0 Å². The number of hydrogen-bond acceptors (Lipinski definition) is 8. The minimum atomic E-state index is 0.647. The molecule has 6 nitrogen and oxygen atoms in total. The van der Waals surface area contributed by atoms with E-state index in [-0.39, 0.29) is 0 Å². The molecule has 0 saturated carbocycles. The first kappa shape index (κ1) is 51.8. The number of benzene rings is 12. The Bertz CT molecular complexity index is 5830. The number of hydrogen-bond donors (Lipinski definition) is 0. The van der Waals surface area contributed by atoms with E-state index in [1.807, 2.05) is 29.5 Å². The van der Waals surface area contributed by atoms with E-state index in [0.717, 1.165) is 132 Å². The molecule has 18 aromatic rings. The van der Waals surface area contributed by atoms with Crippen LogP contribution in [0.2, 0.25) is 0 Å². The zero-order chi connectivity index (χ0) is 59.2. The van der Waals surface area contributed by atoms with Gasteiger partial charge in [-0.3, -0.25) is 0 Å². The molecule has 418 valence electrons. The third-order valence-electron chi connectivity index (χ3n) is 17.5. The fraction of sp³-hybridized carbons (Fsp3) is 0. The summed E-state index contributed by atoms with van der Waals surface area (Å²) in [5.41, 5.74) is 20.1. The second-order valence-corrected chi connectivity index (χ2v) is 24.9. The number of pyridine rings is 2. The zero-order valence-electron chi connectivity index (χ0n) is 48.2. The van der Waals surface area contributed by atoms with E-state index in [9.17, 15) is 0 Å². The minimum Gasteiger partial charge on any atom is -0.246 e. The van der Waals surface area contributed by atoms with Crippen LogP contribution in [0.25, 0.3) is 185 Å². The Morgan fingerprint density at radius 3 is 1.20 bits per heavy atom. The fourth-order valence-electron chi connectivity index (χ4n) is 13.2. The Morgan fingerprint density at radius 1 is 0.233 bits per heavy atom. The number of aromatic nitrogens is 6. The molecule has 0 saturated heterocycles. The molecule has 0 N–H and O–H groups in total. The van der Waals surface area contributed by atoms with Gasteiger partial charge in [-0.05, 0) is 86.3 Å². The molecule has 0 aliphatic rings. The summed E-state index contributed by atoms with van der Waals surface area (Å²) in [6, 6.07) is 103. The third-order valence-corrected chi connectivity index (χ3v) is 19.8. The van der Waals surface area contributed by atoms with Crippen molar-refractivity contribution in [1.82, 2.24) is 29.9 Å². The van der Waals surface area contributed by atoms with E-state index in [2.05, 4.69) is 273 Å². The summed E-state index contributed by atoms with van der Waals surface area (Å²) < 4.78 is 4.71. The van der Waals surface area contributed by atoms with E-state index < -0.39 is 0 Å². The van der Waals surface area contributed by atoms with E-state index in [1.54, 1.807) is 11.3 Å². The Kier molecular flexibility index (Phi) is 12.2. The van der Waals surface area contributed by atoms with Crippen molar-refractivity contribution in [2.24, 2.45) is 0 Å². The van der Waals surface area contributed by atoms with Crippen LogP contribution in [0.5, 0.6) is 0 Å². The largest absolute Gasteiger partial charge is 0.246 e. The lowest BCUT2D eigenvalue weighted by Crippen LogP contribution is -1.96. The van der Waals surface area contributed by atoms with Gasteiger partial charge in [0.2, 0.25) is 0 Å². The molecular weight excluding hydrogens is 1130 g/mol. The van der Waals surface area contributed by atoms with Gasteiger partial charge in [0, 0.05) is 75.5 Å². The van der Waals surface area contributed by atoms with Crippen molar-refractivity contribution >= 4 is 107 Å². The second kappa shape index (κ2) is 21.2. The molecule has 0 unspecified atom stereocenters. The van der Waals surface area contributed by atoms with E-state index in [1.165, 1.54) is 41.9 Å². The average molecular weight is 1180 g/mol. The summed E-state index contributed by atoms with van der Waals surface area (Å²) in [6.07, 6.45) is 0. The van der Waals surface area contributed by atoms with Gasteiger partial charge < -0.3 is 0 Å². The summed E-state index contributed by atoms with van der Waals surface area (Å²) in [5.74, 6) is 1.32. The van der Waals surface area contributed by atoms with Gasteiger partial charge in [0.15, 0.2) is 11.6 Å². The number of thiophene rings is 2. The molecule has 6 aromatic heterocycles. The quantitative estimate of drug-likeness (QED) is 0.134. The fourth-order valence-corrected chi connectivity index (χ4v) is 15.7. The minimum absolute atomic E-state index is 0.647. The molecule has 0 aliphatic heterocycles. The van der Waals surface area contributed by atoms with Crippen molar-refractivity contribution < 1.29 is 0 Å². The molecule has 18 rings (SSSR count). The van der Waals surface area contributed by atoms with Crippen LogP contribution < -0.4 is 0 Å². The van der Waals surface area contributed by atoms with Crippen LogP contribution in [0.4, 0.5) is 0 Å². The smallest absolute Gasteiger partial charge is 0.160 e. The molecule has 0 spiro atoms. The molecule has 8 heteroatoms. The lowest BCUT2D eigenvalue weighted by atomic mass is 9.93. The van der Waals surface area contributed by atoms with Gasteiger partial charge in [0.05, 0.1) is 54.2 Å². The van der Waals surface area contributed by atoms with Gasteiger partial charge >= 0.3 is 0 Å². The summed E-state index contributed by atoms with van der Waals surface area (Å²) in [7, 11) is 0. The third kappa shape index (κ3) is 8.75. The predicted molar refractivity (Wildman–Crippen MR) is 378 cm³/mol. The lowest BCUT2D eigenvalue weighted by Gasteiger charge is -2.14. The van der Waals surface area contributed by atoms with Crippen molar-refractivity contribution in [2.75, 3.05) is 0 Å². The van der Waals surface area contributed by atoms with E-state index in [0.29, 0.717) is 11.6 Å². The Hall–Kier alpha value is -11.4. The maximum atomic E-state index is 5.64. The van der Waals surface area contributed by atoms with Crippen molar-refractivity contribution in [3.8, 4) is 101 Å². The molecule has 0 atom stereocenters. The zero-order valence-corrected chi connectivity index (χ0v) is 49.8.